The highest BCUT2D eigenvalue weighted by Gasteiger charge is 2.29. The van der Waals surface area contributed by atoms with Gasteiger partial charge in [-0.05, 0) is 87.5 Å². The Morgan fingerprint density at radius 1 is 1.07 bits per heavy atom. The van der Waals surface area contributed by atoms with E-state index >= 15 is 0 Å². The molecule has 0 radical (unpaired) electrons. The summed E-state index contributed by atoms with van der Waals surface area (Å²) in [5, 5.41) is 18.5. The molecule has 0 atom stereocenters. The maximum absolute atomic E-state index is 13.7. The molecule has 1 aliphatic heterocycles. The van der Waals surface area contributed by atoms with Crippen LogP contribution in [0.2, 0.25) is 5.02 Å². The number of carbonyl (C=O) groups is 1. The Kier molecular flexibility index (Phi) is 7.68. The molecule has 0 fully saturated rings. The number of hydrogen-bond donors (Lipinski definition) is 1. The summed E-state index contributed by atoms with van der Waals surface area (Å²) in [6, 6.07) is 14.1. The monoisotopic (exact) mass is 588 g/mol. The molecule has 218 valence electrons. The molecule has 1 aliphatic rings. The molecule has 42 heavy (non-hydrogen) atoms. The molecular formula is C33H34ClFN4O3. The Labute approximate surface area is 249 Å². The molecule has 0 saturated heterocycles. The zero-order valence-electron chi connectivity index (χ0n) is 24.1. The fourth-order valence-electron chi connectivity index (χ4n) is 6.33. The Balaban J connectivity index is 1.42. The van der Waals surface area contributed by atoms with Crippen LogP contribution in [-0.4, -0.2) is 50.5 Å². The quantitative estimate of drug-likeness (QED) is 0.212. The number of fused-ring (bicyclic) bond motifs is 3. The normalized spacial score (nSPS) is 14.2. The van der Waals surface area contributed by atoms with Crippen molar-refractivity contribution in [3.63, 3.8) is 0 Å². The highest BCUT2D eigenvalue weighted by molar-refractivity contribution is 6.35. The summed E-state index contributed by atoms with van der Waals surface area (Å²) < 4.78 is 23.7. The van der Waals surface area contributed by atoms with Gasteiger partial charge in [-0.25, -0.2) is 9.18 Å². The number of aryl methyl sites for hydroxylation is 3. The fourth-order valence-corrected chi connectivity index (χ4v) is 6.58. The van der Waals surface area contributed by atoms with Gasteiger partial charge in [0.15, 0.2) is 0 Å². The van der Waals surface area contributed by atoms with E-state index < -0.39 is 5.97 Å². The zero-order chi connectivity index (χ0) is 29.5. The van der Waals surface area contributed by atoms with E-state index in [9.17, 15) is 14.3 Å². The van der Waals surface area contributed by atoms with Crippen LogP contribution in [0, 0.1) is 12.7 Å². The van der Waals surface area contributed by atoms with Crippen molar-refractivity contribution in [2.75, 3.05) is 20.2 Å². The van der Waals surface area contributed by atoms with Gasteiger partial charge in [-0.15, -0.1) is 0 Å². The van der Waals surface area contributed by atoms with Gasteiger partial charge in [0.05, 0.1) is 22.8 Å². The summed E-state index contributed by atoms with van der Waals surface area (Å²) in [5.41, 5.74) is 5.69. The number of nitrogens with zero attached hydrogens (tertiary/aromatic N) is 4. The minimum atomic E-state index is -0.949. The minimum absolute atomic E-state index is 0.289. The van der Waals surface area contributed by atoms with Crippen molar-refractivity contribution >= 4 is 39.2 Å². The van der Waals surface area contributed by atoms with Gasteiger partial charge in [0.25, 0.3) is 0 Å². The summed E-state index contributed by atoms with van der Waals surface area (Å²) in [7, 11) is 4.02. The molecule has 3 heterocycles. The van der Waals surface area contributed by atoms with Crippen molar-refractivity contribution in [3.05, 3.63) is 82.0 Å². The lowest BCUT2D eigenvalue weighted by atomic mass is 9.98. The molecule has 0 unspecified atom stereocenters. The van der Waals surface area contributed by atoms with E-state index in [0.29, 0.717) is 49.0 Å². The first-order valence-corrected chi connectivity index (χ1v) is 14.7. The van der Waals surface area contributed by atoms with Gasteiger partial charge < -0.3 is 19.3 Å². The van der Waals surface area contributed by atoms with Gasteiger partial charge >= 0.3 is 5.97 Å². The number of ether oxygens (including phenoxy) is 1. The van der Waals surface area contributed by atoms with Crippen LogP contribution < -0.4 is 4.74 Å². The molecule has 0 saturated carbocycles. The van der Waals surface area contributed by atoms with Crippen molar-refractivity contribution in [1.82, 2.24) is 19.2 Å². The van der Waals surface area contributed by atoms with Gasteiger partial charge in [-0.1, -0.05) is 29.8 Å². The number of halogens is 2. The van der Waals surface area contributed by atoms with Gasteiger partial charge in [0.1, 0.15) is 17.3 Å². The molecule has 7 nitrogen and oxygen atoms in total. The minimum Gasteiger partial charge on any atom is -0.493 e. The number of rotatable bonds is 6. The highest BCUT2D eigenvalue weighted by Crippen LogP contribution is 2.43. The van der Waals surface area contributed by atoms with E-state index in [1.54, 1.807) is 6.07 Å². The van der Waals surface area contributed by atoms with Crippen LogP contribution in [0.15, 0.2) is 48.5 Å². The van der Waals surface area contributed by atoms with E-state index in [0.717, 1.165) is 69.1 Å². The van der Waals surface area contributed by atoms with E-state index in [-0.39, 0.29) is 5.82 Å². The Bertz CT molecular complexity index is 1830. The van der Waals surface area contributed by atoms with Crippen molar-refractivity contribution < 1.29 is 19.0 Å². The second kappa shape index (κ2) is 11.4. The lowest BCUT2D eigenvalue weighted by Crippen LogP contribution is -2.20. The third-order valence-corrected chi connectivity index (χ3v) is 8.67. The molecule has 6 rings (SSSR count). The van der Waals surface area contributed by atoms with Crippen LogP contribution in [0.5, 0.6) is 5.75 Å². The maximum Gasteiger partial charge on any atom is 0.352 e. The van der Waals surface area contributed by atoms with Crippen LogP contribution in [0.3, 0.4) is 0 Å². The van der Waals surface area contributed by atoms with Crippen LogP contribution >= 0.6 is 11.6 Å². The number of carboxylic acid groups (broad SMARTS) is 1. The Hall–Kier alpha value is -3.88. The van der Waals surface area contributed by atoms with Crippen molar-refractivity contribution in [2.24, 2.45) is 7.05 Å². The molecule has 1 N–H and O–H groups in total. The predicted molar refractivity (Wildman–Crippen MR) is 164 cm³/mol. The lowest BCUT2D eigenvalue weighted by Gasteiger charge is -2.16. The van der Waals surface area contributed by atoms with Crippen molar-refractivity contribution in [1.29, 1.82) is 0 Å². The van der Waals surface area contributed by atoms with Crippen molar-refractivity contribution in [2.45, 2.75) is 45.7 Å². The van der Waals surface area contributed by atoms with Crippen LogP contribution in [0.4, 0.5) is 4.39 Å². The molecule has 0 aliphatic carbocycles. The van der Waals surface area contributed by atoms with E-state index in [1.165, 1.54) is 12.1 Å². The van der Waals surface area contributed by atoms with Crippen LogP contribution in [0.1, 0.15) is 46.7 Å². The lowest BCUT2D eigenvalue weighted by molar-refractivity contribution is 0.0684. The van der Waals surface area contributed by atoms with Gasteiger partial charge in [-0.3, -0.25) is 4.68 Å². The molecule has 0 amide bonds. The summed E-state index contributed by atoms with van der Waals surface area (Å²) in [4.78, 5) is 15.1. The third-order valence-electron chi connectivity index (χ3n) is 8.36. The van der Waals surface area contributed by atoms with E-state index in [4.69, 9.17) is 21.4 Å². The second-order valence-corrected chi connectivity index (χ2v) is 11.6. The fraction of sp³-hybridized carbons (Fsp3) is 0.333. The van der Waals surface area contributed by atoms with Crippen LogP contribution in [0.25, 0.3) is 32.8 Å². The summed E-state index contributed by atoms with van der Waals surface area (Å²) in [6.07, 6.45) is 2.91. The van der Waals surface area contributed by atoms with Crippen LogP contribution in [-0.2, 0) is 26.6 Å². The summed E-state index contributed by atoms with van der Waals surface area (Å²) in [5.74, 6) is -0.555. The number of carboxylic acids is 1. The number of aromatic nitrogens is 3. The predicted octanol–water partition coefficient (Wildman–Crippen LogP) is 7.23. The van der Waals surface area contributed by atoms with Crippen molar-refractivity contribution in [3.8, 4) is 16.9 Å². The average molecular weight is 589 g/mol. The first-order chi connectivity index (χ1) is 20.2. The topological polar surface area (TPSA) is 72.5 Å². The standard InChI is InChI=1S/C33H34ClFN4O3/c1-20-29-27(36-38(20)3)19-37(2)15-4-5-16-39-31-25(13-14-26(34)30(29)31)24(32(39)33(40)41)9-7-17-42-28-10-6-8-21-18-22(35)11-12-23(21)28/h6,8,10-14,18H,4-5,7,9,15-17,19H2,1-3H3,(H,40,41). The largest absolute Gasteiger partial charge is 0.493 e. The first-order valence-electron chi connectivity index (χ1n) is 14.3. The van der Waals surface area contributed by atoms with E-state index in [2.05, 4.69) is 11.9 Å². The number of aromatic carboxylic acids is 1. The molecule has 2 aromatic heterocycles. The Morgan fingerprint density at radius 3 is 2.67 bits per heavy atom. The Morgan fingerprint density at radius 2 is 1.86 bits per heavy atom. The molecule has 3 aromatic carbocycles. The number of hydrogen-bond acceptors (Lipinski definition) is 4. The van der Waals surface area contributed by atoms with E-state index in [1.807, 2.05) is 53.6 Å². The molecule has 0 spiro atoms. The summed E-state index contributed by atoms with van der Waals surface area (Å²) >= 11 is 6.95. The molecule has 0 bridgehead atoms. The van der Waals surface area contributed by atoms with Gasteiger partial charge in [0.2, 0.25) is 0 Å². The molecule has 5 aromatic rings. The van der Waals surface area contributed by atoms with Gasteiger partial charge in [-0.2, -0.15) is 5.10 Å². The average Bonchev–Trinajstić information content (AvgIpc) is 3.40. The first kappa shape index (κ1) is 28.2. The molecular weight excluding hydrogens is 555 g/mol. The highest BCUT2D eigenvalue weighted by atomic mass is 35.5. The second-order valence-electron chi connectivity index (χ2n) is 11.2. The van der Waals surface area contributed by atoms with Gasteiger partial charge in [0, 0.05) is 47.7 Å². The molecule has 9 heteroatoms. The maximum atomic E-state index is 13.7. The zero-order valence-corrected chi connectivity index (χ0v) is 24.8. The smallest absolute Gasteiger partial charge is 0.352 e. The number of benzene rings is 3. The SMILES string of the molecule is Cc1c2c(nn1C)CN(C)CCCCn1c(C(=O)O)c(CCCOc3cccc4cc(F)ccc34)c3ccc(Cl)c-2c31. The third kappa shape index (κ3) is 5.03. The summed E-state index contributed by atoms with van der Waals surface area (Å²) in [6.45, 7) is 4.57.